The maximum absolute atomic E-state index is 7.38. The third-order valence-electron chi connectivity index (χ3n) is 3.18. The van der Waals surface area contributed by atoms with E-state index in [9.17, 15) is 0 Å². The third kappa shape index (κ3) is 10.1. The van der Waals surface area contributed by atoms with Gasteiger partial charge in [-0.25, -0.2) is 0 Å². The van der Waals surface area contributed by atoms with E-state index in [1.165, 1.54) is 0 Å². The van der Waals surface area contributed by atoms with Crippen molar-refractivity contribution < 1.29 is 16.9 Å². The molecule has 0 bridgehead atoms. The second-order valence-corrected chi connectivity index (χ2v) is 34.0. The molecule has 11 heteroatoms. The van der Waals surface area contributed by atoms with Gasteiger partial charge in [0, 0.05) is 0 Å². The Bertz CT molecular complexity index is 602. The van der Waals surface area contributed by atoms with Gasteiger partial charge in [0.25, 0.3) is 0 Å². The molecule has 0 saturated heterocycles. The fourth-order valence-corrected chi connectivity index (χ4v) is 16.1. The number of hydrogen-bond donors (Lipinski definition) is 1. The summed E-state index contributed by atoms with van der Waals surface area (Å²) in [6.45, 7) is 26.2. The van der Waals surface area contributed by atoms with Gasteiger partial charge in [-0.15, -0.1) is 0 Å². The summed E-state index contributed by atoms with van der Waals surface area (Å²) in [5.41, 5.74) is 8.35. The highest BCUT2D eigenvalue weighted by Crippen LogP contribution is 2.73. The molecular formula is C19H43NO4P2Si4. The van der Waals surface area contributed by atoms with Gasteiger partial charge >= 0.3 is 0 Å². The lowest BCUT2D eigenvalue weighted by molar-refractivity contribution is 0.427. The molecule has 0 atom stereocenters. The van der Waals surface area contributed by atoms with Gasteiger partial charge in [-0.2, -0.15) is 0 Å². The van der Waals surface area contributed by atoms with E-state index in [-0.39, 0.29) is 0 Å². The van der Waals surface area contributed by atoms with Crippen molar-refractivity contribution in [2.45, 2.75) is 83.6 Å². The van der Waals surface area contributed by atoms with E-state index < -0.39 is 55.0 Å². The van der Waals surface area contributed by atoms with Crippen molar-refractivity contribution in [1.82, 2.24) is 0 Å². The van der Waals surface area contributed by atoms with Gasteiger partial charge in [-0.3, -0.25) is 0 Å². The molecule has 0 amide bonds. The number of benzene rings is 1. The van der Waals surface area contributed by atoms with Crippen molar-refractivity contribution >= 4 is 50.0 Å². The van der Waals surface area contributed by atoms with Gasteiger partial charge < -0.3 is 22.6 Å². The Morgan fingerprint density at radius 1 is 0.567 bits per heavy atom. The summed E-state index contributed by atoms with van der Waals surface area (Å²) >= 11 is 0. The lowest BCUT2D eigenvalue weighted by atomic mass is 10.2. The Hall–Kier alpha value is 0.748. The molecule has 0 aliphatic carbocycles. The summed E-state index contributed by atoms with van der Waals surface area (Å²) < 4.78 is 26.9. The van der Waals surface area contributed by atoms with Crippen LogP contribution in [0.5, 0.6) is 0 Å². The predicted octanol–water partition coefficient (Wildman–Crippen LogP) is 7.79. The van der Waals surface area contributed by atoms with Crippen molar-refractivity contribution in [2.24, 2.45) is 5.73 Å². The predicted molar refractivity (Wildman–Crippen MR) is 144 cm³/mol. The van der Waals surface area contributed by atoms with Crippen molar-refractivity contribution in [2.75, 3.05) is 0 Å². The van der Waals surface area contributed by atoms with E-state index in [4.69, 9.17) is 22.6 Å². The monoisotopic (exact) mass is 523 g/mol. The molecular weight excluding hydrogens is 481 g/mol. The second kappa shape index (κ2) is 10.3. The highest BCUT2D eigenvalue weighted by atomic mass is 31.2. The average Bonchev–Trinajstić information content (AvgIpc) is 2.48. The van der Waals surface area contributed by atoms with Crippen molar-refractivity contribution in [3.63, 3.8) is 0 Å². The molecule has 2 N–H and O–H groups in total. The fraction of sp³-hybridized carbons (Fsp3) is 0.684. The molecule has 0 heterocycles. The van der Waals surface area contributed by atoms with Gasteiger partial charge in [-0.1, -0.05) is 30.3 Å². The molecule has 0 spiro atoms. The van der Waals surface area contributed by atoms with Crippen LogP contribution in [0.15, 0.2) is 30.3 Å². The minimum Gasteiger partial charge on any atom is -0.374 e. The van der Waals surface area contributed by atoms with Crippen LogP contribution in [0, 0.1) is 0 Å². The van der Waals surface area contributed by atoms with E-state index in [1.54, 1.807) is 0 Å². The van der Waals surface area contributed by atoms with Crippen LogP contribution in [0.4, 0.5) is 0 Å². The van der Waals surface area contributed by atoms with Crippen LogP contribution in [0.3, 0.4) is 0 Å². The summed E-state index contributed by atoms with van der Waals surface area (Å²) in [4.78, 5) is 0. The maximum atomic E-state index is 7.38. The fourth-order valence-electron chi connectivity index (χ4n) is 2.27. The van der Waals surface area contributed by atoms with Crippen LogP contribution in [0.25, 0.3) is 0 Å². The van der Waals surface area contributed by atoms with E-state index in [1.807, 2.05) is 18.2 Å². The first kappa shape index (κ1) is 28.8. The van der Waals surface area contributed by atoms with E-state index >= 15 is 0 Å². The average molecular weight is 524 g/mol. The summed E-state index contributed by atoms with van der Waals surface area (Å²) in [5, 5.41) is -0.965. The summed E-state index contributed by atoms with van der Waals surface area (Å²) in [6.07, 6.45) is 0. The first-order valence-electron chi connectivity index (χ1n) is 10.4. The smallest absolute Gasteiger partial charge is 0.191 e. The molecule has 1 rings (SSSR count). The Kier molecular flexibility index (Phi) is 9.92. The van der Waals surface area contributed by atoms with Gasteiger partial charge in [-0.05, 0) is 84.1 Å². The van der Waals surface area contributed by atoms with Crippen LogP contribution < -0.4 is 5.73 Å². The highest BCUT2D eigenvalue weighted by molar-refractivity contribution is 7.69. The topological polar surface area (TPSA) is 62.9 Å². The summed E-state index contributed by atoms with van der Waals surface area (Å²) in [5.74, 6) is 0. The van der Waals surface area contributed by atoms with E-state index in [0.29, 0.717) is 0 Å². The zero-order valence-electron chi connectivity index (χ0n) is 21.0. The summed E-state index contributed by atoms with van der Waals surface area (Å²) in [6, 6.07) is 10.2. The number of hydrogen-bond acceptors (Lipinski definition) is 5. The molecule has 0 aliphatic rings. The van der Waals surface area contributed by atoms with Crippen LogP contribution in [0.2, 0.25) is 78.6 Å². The van der Waals surface area contributed by atoms with Crippen molar-refractivity contribution in [1.29, 1.82) is 0 Å². The number of rotatable bonds is 11. The molecule has 0 aromatic heterocycles. The van der Waals surface area contributed by atoms with Crippen LogP contribution in [-0.4, -0.2) is 33.3 Å². The standard InChI is InChI=1S/C19H43NO4P2Si4/c1-27(2,3)21-25(22-28(4,5)6)19(20,18-16-14-13-15-17-18)26(23-29(7,8)9)24-30(10,11)12/h13-17H,20H2,1-12H3. The Labute approximate surface area is 191 Å². The van der Waals surface area contributed by atoms with Gasteiger partial charge in [0.1, 0.15) is 0 Å². The SMILES string of the molecule is C[Si](C)(C)OP(O[Si](C)(C)C)C(N)(c1ccccc1)P(O[Si](C)(C)C)O[Si](C)(C)C. The minimum atomic E-state index is -1.96. The molecule has 174 valence electrons. The zero-order valence-corrected chi connectivity index (χ0v) is 26.8. The molecule has 30 heavy (non-hydrogen) atoms. The molecule has 0 saturated carbocycles. The first-order valence-corrected chi connectivity index (χ1v) is 26.4. The highest BCUT2D eigenvalue weighted by Gasteiger charge is 2.54. The molecule has 0 fully saturated rings. The molecule has 0 radical (unpaired) electrons. The van der Waals surface area contributed by atoms with Gasteiger partial charge in [0.2, 0.25) is 0 Å². The largest absolute Gasteiger partial charge is 0.374 e. The molecule has 1 aromatic carbocycles. The molecule has 1 aromatic rings. The van der Waals surface area contributed by atoms with Gasteiger partial charge in [0.15, 0.2) is 55.0 Å². The van der Waals surface area contributed by atoms with Gasteiger partial charge in [0.05, 0.1) is 0 Å². The number of nitrogens with two attached hydrogens (primary N) is 1. The van der Waals surface area contributed by atoms with Crippen LogP contribution in [0.1, 0.15) is 5.56 Å². The molecule has 0 unspecified atom stereocenters. The third-order valence-corrected chi connectivity index (χ3v) is 17.2. The Balaban J connectivity index is 3.72. The molecule has 0 aliphatic heterocycles. The van der Waals surface area contributed by atoms with Crippen molar-refractivity contribution in [3.8, 4) is 0 Å². The lowest BCUT2D eigenvalue weighted by Gasteiger charge is -2.47. The van der Waals surface area contributed by atoms with E-state index in [2.05, 4.69) is 90.7 Å². The minimum absolute atomic E-state index is 0.965. The summed E-state index contributed by atoms with van der Waals surface area (Å²) in [7, 11) is -10.8. The van der Waals surface area contributed by atoms with Crippen molar-refractivity contribution in [3.05, 3.63) is 35.9 Å². The maximum Gasteiger partial charge on any atom is 0.191 e. The first-order chi connectivity index (χ1) is 13.2. The second-order valence-electron chi connectivity index (χ2n) is 11.4. The quantitative estimate of drug-likeness (QED) is 0.237. The Morgan fingerprint density at radius 2 is 0.833 bits per heavy atom. The van der Waals surface area contributed by atoms with E-state index in [0.717, 1.165) is 5.56 Å². The Morgan fingerprint density at radius 3 is 1.07 bits per heavy atom. The van der Waals surface area contributed by atoms with Crippen LogP contribution >= 0.6 is 16.8 Å². The normalized spacial score (nSPS) is 14.6. The van der Waals surface area contributed by atoms with Crippen LogP contribution in [-0.2, 0) is 21.9 Å². The lowest BCUT2D eigenvalue weighted by Crippen LogP contribution is -2.44. The zero-order chi connectivity index (χ0) is 23.6. The molecule has 5 nitrogen and oxygen atoms in total.